The number of imidazole rings is 1. The molecule has 0 radical (unpaired) electrons. The Kier molecular flexibility index (Phi) is 2.94. The van der Waals surface area contributed by atoms with Gasteiger partial charge in [0.25, 0.3) is 0 Å². The largest absolute Gasteiger partial charge is 0.497 e. The van der Waals surface area contributed by atoms with E-state index in [0.29, 0.717) is 28.4 Å². The van der Waals surface area contributed by atoms with Gasteiger partial charge in [0.2, 0.25) is 0 Å². The normalized spacial score (nSPS) is 11.3. The van der Waals surface area contributed by atoms with E-state index in [-0.39, 0.29) is 5.52 Å². The first-order valence-corrected chi connectivity index (χ1v) is 6.98. The number of ether oxygens (including phenoxy) is 1. The number of methoxy groups -OCH3 is 1. The van der Waals surface area contributed by atoms with Crippen LogP contribution in [0.15, 0.2) is 36.7 Å². The highest BCUT2D eigenvalue weighted by molar-refractivity contribution is 5.82. The van der Waals surface area contributed by atoms with Gasteiger partial charge in [-0.25, -0.2) is 9.37 Å². The Morgan fingerprint density at radius 3 is 2.83 bits per heavy atom. The number of pyridine rings is 1. The molecular weight excluding hydrogens is 297 g/mol. The van der Waals surface area contributed by atoms with Gasteiger partial charge in [-0.1, -0.05) is 0 Å². The van der Waals surface area contributed by atoms with Crippen molar-refractivity contribution in [3.05, 3.63) is 48.2 Å². The van der Waals surface area contributed by atoms with Crippen molar-refractivity contribution < 1.29 is 9.13 Å². The standard InChI is InChI=1S/C16H12FN5O/c1-9-15-21-20-14-12(17)6-11(23-2)7-13(14)22(15)16(19-9)10-4-3-5-18-8-10/h3-8H,1-2H3. The summed E-state index contributed by atoms with van der Waals surface area (Å²) in [5.41, 5.74) is 2.81. The van der Waals surface area contributed by atoms with Crippen LogP contribution in [0.5, 0.6) is 5.75 Å². The molecule has 4 rings (SSSR count). The number of hydrogen-bond acceptors (Lipinski definition) is 5. The fourth-order valence-electron chi connectivity index (χ4n) is 2.60. The molecule has 0 spiro atoms. The zero-order valence-corrected chi connectivity index (χ0v) is 12.5. The van der Waals surface area contributed by atoms with E-state index in [1.54, 1.807) is 22.9 Å². The van der Waals surface area contributed by atoms with E-state index in [0.717, 1.165) is 5.56 Å². The molecule has 0 aliphatic heterocycles. The summed E-state index contributed by atoms with van der Waals surface area (Å²) in [6.45, 7) is 1.84. The molecule has 0 aliphatic rings. The van der Waals surface area contributed by atoms with Crippen LogP contribution in [0.4, 0.5) is 4.39 Å². The molecule has 0 N–H and O–H groups in total. The molecule has 23 heavy (non-hydrogen) atoms. The third kappa shape index (κ3) is 2.01. The Morgan fingerprint density at radius 1 is 1.22 bits per heavy atom. The molecule has 0 atom stereocenters. The molecule has 3 heterocycles. The second-order valence-electron chi connectivity index (χ2n) is 5.10. The first-order chi connectivity index (χ1) is 11.2. The number of nitrogens with zero attached hydrogens (tertiary/aromatic N) is 5. The molecule has 114 valence electrons. The summed E-state index contributed by atoms with van der Waals surface area (Å²) in [6, 6.07) is 6.73. The molecule has 0 bridgehead atoms. The topological polar surface area (TPSA) is 65.2 Å². The van der Waals surface area contributed by atoms with E-state index in [4.69, 9.17) is 4.74 Å². The number of aromatic nitrogens is 5. The summed E-state index contributed by atoms with van der Waals surface area (Å²) in [6.07, 6.45) is 3.39. The van der Waals surface area contributed by atoms with Crippen molar-refractivity contribution in [2.75, 3.05) is 7.11 Å². The summed E-state index contributed by atoms with van der Waals surface area (Å²) in [5.74, 6) is 0.559. The third-order valence-electron chi connectivity index (χ3n) is 3.68. The van der Waals surface area contributed by atoms with Crippen LogP contribution in [-0.2, 0) is 0 Å². The summed E-state index contributed by atoms with van der Waals surface area (Å²) in [4.78, 5) is 8.67. The molecule has 7 heteroatoms. The highest BCUT2D eigenvalue weighted by atomic mass is 19.1. The number of hydrogen-bond donors (Lipinski definition) is 0. The fourth-order valence-corrected chi connectivity index (χ4v) is 2.60. The van der Waals surface area contributed by atoms with Crippen LogP contribution in [0.2, 0.25) is 0 Å². The van der Waals surface area contributed by atoms with Crippen molar-refractivity contribution in [2.45, 2.75) is 6.92 Å². The van der Waals surface area contributed by atoms with E-state index >= 15 is 0 Å². The lowest BCUT2D eigenvalue weighted by molar-refractivity contribution is 0.412. The van der Waals surface area contributed by atoms with Crippen molar-refractivity contribution in [1.29, 1.82) is 0 Å². The van der Waals surface area contributed by atoms with Gasteiger partial charge in [0.05, 0.1) is 18.3 Å². The monoisotopic (exact) mass is 309 g/mol. The number of aryl methyl sites for hydroxylation is 1. The minimum atomic E-state index is -0.489. The molecule has 0 saturated heterocycles. The highest BCUT2D eigenvalue weighted by Crippen LogP contribution is 2.28. The lowest BCUT2D eigenvalue weighted by Gasteiger charge is -2.07. The molecule has 6 nitrogen and oxygen atoms in total. The van der Waals surface area contributed by atoms with E-state index < -0.39 is 5.82 Å². The maximum Gasteiger partial charge on any atom is 0.183 e. The van der Waals surface area contributed by atoms with Gasteiger partial charge in [-0.05, 0) is 19.1 Å². The molecule has 0 aliphatic carbocycles. The van der Waals surface area contributed by atoms with Crippen molar-refractivity contribution >= 4 is 16.7 Å². The van der Waals surface area contributed by atoms with E-state index in [1.807, 2.05) is 19.1 Å². The van der Waals surface area contributed by atoms with Crippen LogP contribution < -0.4 is 4.74 Å². The Morgan fingerprint density at radius 2 is 2.09 bits per heavy atom. The van der Waals surface area contributed by atoms with Gasteiger partial charge >= 0.3 is 0 Å². The maximum absolute atomic E-state index is 14.3. The number of fused-ring (bicyclic) bond motifs is 3. The average Bonchev–Trinajstić information content (AvgIpc) is 2.93. The van der Waals surface area contributed by atoms with Gasteiger partial charge in [-0.2, -0.15) is 0 Å². The van der Waals surface area contributed by atoms with Crippen LogP contribution >= 0.6 is 0 Å². The summed E-state index contributed by atoms with van der Waals surface area (Å²) < 4.78 is 21.2. The van der Waals surface area contributed by atoms with Crippen LogP contribution in [0.25, 0.3) is 28.1 Å². The third-order valence-corrected chi connectivity index (χ3v) is 3.68. The molecule has 1 aromatic carbocycles. The van der Waals surface area contributed by atoms with Crippen molar-refractivity contribution in [2.24, 2.45) is 0 Å². The number of rotatable bonds is 2. The van der Waals surface area contributed by atoms with E-state index in [2.05, 4.69) is 20.2 Å². The molecule has 3 aromatic heterocycles. The zero-order chi connectivity index (χ0) is 16.0. The van der Waals surface area contributed by atoms with E-state index in [9.17, 15) is 4.39 Å². The molecule has 4 aromatic rings. The van der Waals surface area contributed by atoms with Crippen molar-refractivity contribution in [3.8, 4) is 17.1 Å². The maximum atomic E-state index is 14.3. The van der Waals surface area contributed by atoms with Crippen LogP contribution in [0.1, 0.15) is 5.69 Å². The summed E-state index contributed by atoms with van der Waals surface area (Å²) >= 11 is 0. The SMILES string of the molecule is COc1cc(F)c2nnc3c(C)nc(-c4cccnc4)n3c2c1. The lowest BCUT2D eigenvalue weighted by Crippen LogP contribution is -2.00. The summed E-state index contributed by atoms with van der Waals surface area (Å²) in [7, 11) is 1.49. The van der Waals surface area contributed by atoms with Gasteiger partial charge in [0.15, 0.2) is 11.5 Å². The smallest absolute Gasteiger partial charge is 0.183 e. The molecule has 0 fully saturated rings. The second kappa shape index (κ2) is 4.98. The van der Waals surface area contributed by atoms with Crippen LogP contribution in [0, 0.1) is 12.7 Å². The molecule has 0 saturated carbocycles. The molecule has 0 amide bonds. The minimum Gasteiger partial charge on any atom is -0.497 e. The highest BCUT2D eigenvalue weighted by Gasteiger charge is 2.17. The lowest BCUT2D eigenvalue weighted by atomic mass is 10.2. The van der Waals surface area contributed by atoms with Gasteiger partial charge < -0.3 is 4.74 Å². The Bertz CT molecular complexity index is 1030. The van der Waals surface area contributed by atoms with Crippen LogP contribution in [-0.4, -0.2) is 31.7 Å². The minimum absolute atomic E-state index is 0.167. The quantitative estimate of drug-likeness (QED) is 0.569. The van der Waals surface area contributed by atoms with Gasteiger partial charge in [-0.3, -0.25) is 9.38 Å². The predicted octanol–water partition coefficient (Wildman–Crippen LogP) is 2.80. The van der Waals surface area contributed by atoms with Crippen LogP contribution in [0.3, 0.4) is 0 Å². The zero-order valence-electron chi connectivity index (χ0n) is 12.5. The van der Waals surface area contributed by atoms with Gasteiger partial charge in [0, 0.05) is 30.1 Å². The Hall–Kier alpha value is -3.09. The average molecular weight is 309 g/mol. The van der Waals surface area contributed by atoms with Gasteiger partial charge in [-0.15, -0.1) is 10.2 Å². The fraction of sp³-hybridized carbons (Fsp3) is 0.125. The first-order valence-electron chi connectivity index (χ1n) is 6.98. The Balaban J connectivity index is 2.18. The number of benzene rings is 1. The first kappa shape index (κ1) is 13.6. The summed E-state index contributed by atoms with van der Waals surface area (Å²) in [5, 5.41) is 8.12. The second-order valence-corrected chi connectivity index (χ2v) is 5.10. The number of halogens is 1. The van der Waals surface area contributed by atoms with E-state index in [1.165, 1.54) is 13.2 Å². The van der Waals surface area contributed by atoms with Crippen molar-refractivity contribution in [3.63, 3.8) is 0 Å². The van der Waals surface area contributed by atoms with Crippen molar-refractivity contribution in [1.82, 2.24) is 24.6 Å². The molecule has 0 unspecified atom stereocenters. The molecular formula is C16H12FN5O. The van der Waals surface area contributed by atoms with Gasteiger partial charge in [0.1, 0.15) is 17.1 Å². The predicted molar refractivity (Wildman–Crippen MR) is 82.8 cm³/mol. The Labute approximate surface area is 130 Å².